The van der Waals surface area contributed by atoms with Gasteiger partial charge in [-0.05, 0) is 60.6 Å². The molecular weight excluding hydrogens is 368 g/mol. The summed E-state index contributed by atoms with van der Waals surface area (Å²) in [5.74, 6) is -0.973. The van der Waals surface area contributed by atoms with Crippen molar-refractivity contribution in [2.45, 2.75) is 44.2 Å². The van der Waals surface area contributed by atoms with Gasteiger partial charge < -0.3 is 15.3 Å². The van der Waals surface area contributed by atoms with Crippen molar-refractivity contribution >= 4 is 34.7 Å². The second-order valence-electron chi connectivity index (χ2n) is 7.00. The molecule has 7 heteroatoms. The first-order valence-corrected chi connectivity index (χ1v) is 10.8. The van der Waals surface area contributed by atoms with Crippen LogP contribution in [0.25, 0.3) is 0 Å². The van der Waals surface area contributed by atoms with E-state index in [0.29, 0.717) is 19.4 Å². The van der Waals surface area contributed by atoms with Gasteiger partial charge in [0, 0.05) is 22.3 Å². The van der Waals surface area contributed by atoms with Crippen molar-refractivity contribution in [3.63, 3.8) is 0 Å². The van der Waals surface area contributed by atoms with Crippen molar-refractivity contribution < 1.29 is 14.7 Å². The number of nitrogens with one attached hydrogen (secondary N) is 1. The first-order chi connectivity index (χ1) is 12.6. The van der Waals surface area contributed by atoms with Gasteiger partial charge >= 0.3 is 12.0 Å². The highest BCUT2D eigenvalue weighted by Crippen LogP contribution is 2.39. The smallest absolute Gasteiger partial charge is 0.318 e. The van der Waals surface area contributed by atoms with E-state index in [1.54, 1.807) is 22.7 Å². The fraction of sp³-hybridized carbons (Fsp3) is 0.474. The standard InChI is InChI=1S/C19H22N2O3S2/c22-18(23)12-3-5-13(6-4-12)20-19(24)21-9-7-15-14(8-11-26-15)17(21)16-2-1-10-25-16/h1-2,8,10-13,17H,3-7,9H2,(H,20,24)(H,22,23). The van der Waals surface area contributed by atoms with Crippen LogP contribution in [0.2, 0.25) is 0 Å². The van der Waals surface area contributed by atoms with Crippen molar-refractivity contribution in [3.8, 4) is 0 Å². The third kappa shape index (κ3) is 3.38. The van der Waals surface area contributed by atoms with E-state index in [-0.39, 0.29) is 24.0 Å². The number of carboxylic acids is 1. The van der Waals surface area contributed by atoms with Crippen molar-refractivity contribution in [1.82, 2.24) is 10.2 Å². The first-order valence-electron chi connectivity index (χ1n) is 9.03. The molecule has 2 aromatic rings. The lowest BCUT2D eigenvalue weighted by Crippen LogP contribution is -2.49. The van der Waals surface area contributed by atoms with E-state index in [2.05, 4.69) is 28.2 Å². The zero-order chi connectivity index (χ0) is 18.1. The number of thiophene rings is 2. The summed E-state index contributed by atoms with van der Waals surface area (Å²) in [6.45, 7) is 0.715. The fourth-order valence-corrected chi connectivity index (χ4v) is 5.79. The number of carbonyl (C=O) groups is 2. The van der Waals surface area contributed by atoms with E-state index in [4.69, 9.17) is 5.11 Å². The molecule has 2 N–H and O–H groups in total. The average Bonchev–Trinajstić information content (AvgIpc) is 3.32. The van der Waals surface area contributed by atoms with Crippen molar-refractivity contribution in [2.24, 2.45) is 5.92 Å². The average molecular weight is 391 g/mol. The van der Waals surface area contributed by atoms with E-state index < -0.39 is 5.97 Å². The first kappa shape index (κ1) is 17.5. The van der Waals surface area contributed by atoms with Crippen molar-refractivity contribution in [3.05, 3.63) is 44.3 Å². The van der Waals surface area contributed by atoms with E-state index in [1.165, 1.54) is 15.3 Å². The lowest BCUT2D eigenvalue weighted by molar-refractivity contribution is -0.142. The lowest BCUT2D eigenvalue weighted by atomic mass is 9.86. The Labute approximate surface area is 160 Å². The van der Waals surface area contributed by atoms with Crippen LogP contribution in [0.5, 0.6) is 0 Å². The van der Waals surface area contributed by atoms with Crippen LogP contribution >= 0.6 is 22.7 Å². The van der Waals surface area contributed by atoms with Gasteiger partial charge in [0.25, 0.3) is 0 Å². The summed E-state index contributed by atoms with van der Waals surface area (Å²) >= 11 is 3.45. The Bertz CT molecular complexity index is 779. The Morgan fingerprint density at radius 2 is 1.92 bits per heavy atom. The maximum absolute atomic E-state index is 13.0. The highest BCUT2D eigenvalue weighted by atomic mass is 32.1. The molecule has 1 unspecified atom stereocenters. The molecule has 2 aliphatic rings. The van der Waals surface area contributed by atoms with Gasteiger partial charge in [-0.1, -0.05) is 6.07 Å². The van der Waals surface area contributed by atoms with Gasteiger partial charge in [-0.3, -0.25) is 4.79 Å². The van der Waals surface area contributed by atoms with Crippen molar-refractivity contribution in [2.75, 3.05) is 6.54 Å². The van der Waals surface area contributed by atoms with Crippen LogP contribution < -0.4 is 5.32 Å². The zero-order valence-corrected chi connectivity index (χ0v) is 16.0. The van der Waals surface area contributed by atoms with Crippen LogP contribution in [0.4, 0.5) is 4.79 Å². The Balaban J connectivity index is 1.48. The summed E-state index contributed by atoms with van der Waals surface area (Å²) in [5.41, 5.74) is 1.24. The van der Waals surface area contributed by atoms with Gasteiger partial charge in [0.1, 0.15) is 0 Å². The minimum atomic E-state index is -0.714. The summed E-state index contributed by atoms with van der Waals surface area (Å²) in [6.07, 6.45) is 3.66. The van der Waals surface area contributed by atoms with Crippen LogP contribution in [0.1, 0.15) is 47.0 Å². The molecule has 2 aromatic heterocycles. The summed E-state index contributed by atoms with van der Waals surface area (Å²) in [6, 6.07) is 6.30. The largest absolute Gasteiger partial charge is 0.481 e. The van der Waals surface area contributed by atoms with Gasteiger partial charge in [-0.15, -0.1) is 22.7 Å². The van der Waals surface area contributed by atoms with E-state index >= 15 is 0 Å². The molecule has 0 spiro atoms. The third-order valence-electron chi connectivity index (χ3n) is 5.44. The number of hydrogen-bond acceptors (Lipinski definition) is 4. The molecule has 2 amide bonds. The number of nitrogens with zero attached hydrogens (tertiary/aromatic N) is 1. The Morgan fingerprint density at radius 1 is 1.12 bits per heavy atom. The topological polar surface area (TPSA) is 69.6 Å². The molecule has 26 heavy (non-hydrogen) atoms. The third-order valence-corrected chi connectivity index (χ3v) is 7.36. The minimum absolute atomic E-state index is 0.0136. The molecule has 138 valence electrons. The second-order valence-corrected chi connectivity index (χ2v) is 8.98. The summed E-state index contributed by atoms with van der Waals surface area (Å²) in [4.78, 5) is 28.6. The van der Waals surface area contributed by atoms with Gasteiger partial charge in [-0.25, -0.2) is 4.79 Å². The number of carbonyl (C=O) groups excluding carboxylic acids is 1. The molecule has 0 radical (unpaired) electrons. The van der Waals surface area contributed by atoms with E-state index in [0.717, 1.165) is 19.3 Å². The Morgan fingerprint density at radius 3 is 2.62 bits per heavy atom. The fourth-order valence-electron chi connectivity index (χ4n) is 4.03. The molecule has 3 heterocycles. The van der Waals surface area contributed by atoms with Gasteiger partial charge in [0.05, 0.1) is 12.0 Å². The molecule has 0 bridgehead atoms. The summed E-state index contributed by atoms with van der Waals surface area (Å²) < 4.78 is 0. The number of fused-ring (bicyclic) bond motifs is 1. The number of amides is 2. The molecule has 5 nitrogen and oxygen atoms in total. The summed E-state index contributed by atoms with van der Waals surface area (Å²) in [5, 5.41) is 16.5. The molecule has 1 aliphatic carbocycles. The predicted octanol–water partition coefficient (Wildman–Crippen LogP) is 4.11. The van der Waals surface area contributed by atoms with Gasteiger partial charge in [0.15, 0.2) is 0 Å². The maximum Gasteiger partial charge on any atom is 0.318 e. The van der Waals surface area contributed by atoms with E-state index in [1.807, 2.05) is 11.0 Å². The van der Waals surface area contributed by atoms with Gasteiger partial charge in [-0.2, -0.15) is 0 Å². The highest BCUT2D eigenvalue weighted by molar-refractivity contribution is 7.10. The monoisotopic (exact) mass is 390 g/mol. The number of urea groups is 1. The van der Waals surface area contributed by atoms with Crippen LogP contribution in [0, 0.1) is 5.92 Å². The molecular formula is C19H22N2O3S2. The molecule has 4 rings (SSSR count). The lowest BCUT2D eigenvalue weighted by Gasteiger charge is -2.37. The van der Waals surface area contributed by atoms with Gasteiger partial charge in [0.2, 0.25) is 0 Å². The number of rotatable bonds is 3. The molecule has 0 aromatic carbocycles. The number of carboxylic acid groups (broad SMARTS) is 1. The van der Waals surface area contributed by atoms with E-state index in [9.17, 15) is 9.59 Å². The Hall–Kier alpha value is -1.86. The molecule has 0 saturated heterocycles. The SMILES string of the molecule is O=C(O)C1CCC(NC(=O)N2CCc3sccc3C2c2cccs2)CC1. The quantitative estimate of drug-likeness (QED) is 0.829. The molecule has 1 atom stereocenters. The molecule has 1 saturated carbocycles. The molecule has 1 aliphatic heterocycles. The zero-order valence-electron chi connectivity index (χ0n) is 14.4. The molecule has 1 fully saturated rings. The minimum Gasteiger partial charge on any atom is -0.481 e. The van der Waals surface area contributed by atoms with Crippen LogP contribution in [0.3, 0.4) is 0 Å². The van der Waals surface area contributed by atoms with Crippen LogP contribution in [0.15, 0.2) is 29.0 Å². The van der Waals surface area contributed by atoms with Crippen LogP contribution in [-0.4, -0.2) is 34.6 Å². The normalized spacial score (nSPS) is 25.5. The highest BCUT2D eigenvalue weighted by Gasteiger charge is 2.35. The second kappa shape index (κ2) is 7.40. The Kier molecular flexibility index (Phi) is 5.00. The summed E-state index contributed by atoms with van der Waals surface area (Å²) in [7, 11) is 0. The van der Waals surface area contributed by atoms with Crippen LogP contribution in [-0.2, 0) is 11.2 Å². The predicted molar refractivity (Wildman–Crippen MR) is 103 cm³/mol. The van der Waals surface area contributed by atoms with Crippen molar-refractivity contribution in [1.29, 1.82) is 0 Å². The maximum atomic E-state index is 13.0. The number of aliphatic carboxylic acids is 1. The number of hydrogen-bond donors (Lipinski definition) is 2.